The Balaban J connectivity index is 1.65. The molecule has 1 atom stereocenters. The molecule has 0 bridgehead atoms. The van der Waals surface area contributed by atoms with Gasteiger partial charge in [0, 0.05) is 32.0 Å². The fraction of sp³-hybridized carbons (Fsp3) is 0.786. The van der Waals surface area contributed by atoms with E-state index in [4.69, 9.17) is 0 Å². The molecule has 1 aromatic rings. The fourth-order valence-electron chi connectivity index (χ4n) is 3.38. The molecular formula is C14H23N5O. The van der Waals surface area contributed by atoms with Crippen LogP contribution in [0.3, 0.4) is 0 Å². The van der Waals surface area contributed by atoms with Gasteiger partial charge in [0.2, 0.25) is 5.91 Å². The molecule has 0 spiro atoms. The lowest BCUT2D eigenvalue weighted by Gasteiger charge is -2.35. The Bertz CT molecular complexity index is 466. The van der Waals surface area contributed by atoms with Crippen LogP contribution in [-0.2, 0) is 11.8 Å². The monoisotopic (exact) mass is 277 g/mol. The first-order valence-electron chi connectivity index (χ1n) is 7.59. The molecular weight excluding hydrogens is 254 g/mol. The largest absolute Gasteiger partial charge is 0.342 e. The molecule has 2 aliphatic rings. The molecule has 3 rings (SSSR count). The molecule has 0 aliphatic carbocycles. The van der Waals surface area contributed by atoms with Crippen molar-refractivity contribution >= 4 is 5.91 Å². The predicted molar refractivity (Wildman–Crippen MR) is 75.2 cm³/mol. The van der Waals surface area contributed by atoms with Crippen LogP contribution in [0.2, 0.25) is 0 Å². The van der Waals surface area contributed by atoms with E-state index in [2.05, 4.69) is 20.4 Å². The van der Waals surface area contributed by atoms with Gasteiger partial charge in [-0.3, -0.25) is 4.79 Å². The number of likely N-dealkylation sites (tertiary alicyclic amines) is 1. The number of nitrogens with one attached hydrogen (secondary N) is 1. The van der Waals surface area contributed by atoms with Gasteiger partial charge in [-0.25, -0.2) is 0 Å². The van der Waals surface area contributed by atoms with Crippen molar-refractivity contribution < 1.29 is 4.79 Å². The highest BCUT2D eigenvalue weighted by molar-refractivity contribution is 5.79. The molecule has 6 heteroatoms. The van der Waals surface area contributed by atoms with Crippen LogP contribution >= 0.6 is 0 Å². The van der Waals surface area contributed by atoms with Crippen molar-refractivity contribution in [1.29, 1.82) is 0 Å². The van der Waals surface area contributed by atoms with Gasteiger partial charge < -0.3 is 14.8 Å². The van der Waals surface area contributed by atoms with Gasteiger partial charge in [0.25, 0.3) is 0 Å². The van der Waals surface area contributed by atoms with Crippen LogP contribution in [0.4, 0.5) is 0 Å². The first kappa shape index (κ1) is 13.5. The van der Waals surface area contributed by atoms with E-state index >= 15 is 0 Å². The summed E-state index contributed by atoms with van der Waals surface area (Å²) >= 11 is 0. The second-order valence-electron chi connectivity index (χ2n) is 5.95. The van der Waals surface area contributed by atoms with Gasteiger partial charge in [0.1, 0.15) is 12.2 Å². The molecule has 3 heterocycles. The van der Waals surface area contributed by atoms with Crippen molar-refractivity contribution in [3.05, 3.63) is 12.2 Å². The van der Waals surface area contributed by atoms with Gasteiger partial charge in [-0.1, -0.05) is 0 Å². The minimum Gasteiger partial charge on any atom is -0.342 e. The van der Waals surface area contributed by atoms with Crippen LogP contribution in [0.15, 0.2) is 6.33 Å². The molecule has 2 aliphatic heterocycles. The van der Waals surface area contributed by atoms with Gasteiger partial charge in [-0.2, -0.15) is 0 Å². The summed E-state index contributed by atoms with van der Waals surface area (Å²) in [6, 6.07) is 0. The van der Waals surface area contributed by atoms with Gasteiger partial charge in [-0.05, 0) is 38.8 Å². The van der Waals surface area contributed by atoms with Gasteiger partial charge in [0.15, 0.2) is 0 Å². The maximum atomic E-state index is 12.6. The molecule has 1 amide bonds. The van der Waals surface area contributed by atoms with Gasteiger partial charge in [-0.15, -0.1) is 10.2 Å². The molecule has 1 aromatic heterocycles. The number of nitrogens with zero attached hydrogens (tertiary/aromatic N) is 4. The third-order valence-corrected chi connectivity index (χ3v) is 4.53. The maximum absolute atomic E-state index is 12.6. The third-order valence-electron chi connectivity index (χ3n) is 4.53. The van der Waals surface area contributed by atoms with Crippen LogP contribution in [0.1, 0.15) is 37.4 Å². The normalized spacial score (nSPS) is 24.9. The first-order valence-corrected chi connectivity index (χ1v) is 7.59. The fourth-order valence-corrected chi connectivity index (χ4v) is 3.38. The smallest absolute Gasteiger partial charge is 0.225 e. The van der Waals surface area contributed by atoms with E-state index in [1.807, 2.05) is 11.6 Å². The van der Waals surface area contributed by atoms with Gasteiger partial charge in [0.05, 0.1) is 0 Å². The molecule has 110 valence electrons. The topological polar surface area (TPSA) is 63.1 Å². The van der Waals surface area contributed by atoms with Crippen LogP contribution < -0.4 is 5.32 Å². The summed E-state index contributed by atoms with van der Waals surface area (Å²) in [6.45, 7) is 3.64. The Morgan fingerprint density at radius 1 is 1.35 bits per heavy atom. The molecule has 1 unspecified atom stereocenters. The molecule has 0 aromatic carbocycles. The van der Waals surface area contributed by atoms with E-state index in [0.29, 0.717) is 11.8 Å². The predicted octanol–water partition coefficient (Wildman–Crippen LogP) is 0.521. The SMILES string of the molecule is Cn1cnnc1C1CCCN(C(=O)C2CCNCC2)C1. The minimum absolute atomic E-state index is 0.217. The Labute approximate surface area is 119 Å². The summed E-state index contributed by atoms with van der Waals surface area (Å²) in [5, 5.41) is 11.5. The number of aromatic nitrogens is 3. The summed E-state index contributed by atoms with van der Waals surface area (Å²) in [5.41, 5.74) is 0. The van der Waals surface area contributed by atoms with Crippen LogP contribution in [0, 0.1) is 5.92 Å². The van der Waals surface area contributed by atoms with Crippen molar-refractivity contribution in [2.24, 2.45) is 13.0 Å². The standard InChI is InChI=1S/C14H23N5O/c1-18-10-16-17-13(18)12-3-2-8-19(9-12)14(20)11-4-6-15-7-5-11/h10-12,15H,2-9H2,1H3. The molecule has 2 fully saturated rings. The Kier molecular flexibility index (Phi) is 4.00. The van der Waals surface area contributed by atoms with E-state index < -0.39 is 0 Å². The summed E-state index contributed by atoms with van der Waals surface area (Å²) < 4.78 is 1.98. The number of hydrogen-bond acceptors (Lipinski definition) is 4. The van der Waals surface area contributed by atoms with Crippen molar-refractivity contribution in [3.8, 4) is 0 Å². The van der Waals surface area contributed by atoms with Crippen LogP contribution in [-0.4, -0.2) is 51.8 Å². The van der Waals surface area contributed by atoms with Crippen molar-refractivity contribution in [3.63, 3.8) is 0 Å². The first-order chi connectivity index (χ1) is 9.75. The second kappa shape index (κ2) is 5.91. The Morgan fingerprint density at radius 3 is 2.85 bits per heavy atom. The summed E-state index contributed by atoms with van der Waals surface area (Å²) in [7, 11) is 1.98. The number of piperidine rings is 2. The second-order valence-corrected chi connectivity index (χ2v) is 5.95. The lowest BCUT2D eigenvalue weighted by Crippen LogP contribution is -2.45. The average Bonchev–Trinajstić information content (AvgIpc) is 2.94. The van der Waals surface area contributed by atoms with Crippen LogP contribution in [0.5, 0.6) is 0 Å². The van der Waals surface area contributed by atoms with E-state index in [-0.39, 0.29) is 5.92 Å². The van der Waals surface area contributed by atoms with E-state index in [9.17, 15) is 4.79 Å². The highest BCUT2D eigenvalue weighted by Gasteiger charge is 2.31. The van der Waals surface area contributed by atoms with Crippen LogP contribution in [0.25, 0.3) is 0 Å². The molecule has 20 heavy (non-hydrogen) atoms. The average molecular weight is 277 g/mol. The number of amides is 1. The van der Waals surface area contributed by atoms with Crippen molar-refractivity contribution in [2.45, 2.75) is 31.6 Å². The van der Waals surface area contributed by atoms with E-state index in [1.54, 1.807) is 6.33 Å². The molecule has 2 saturated heterocycles. The molecule has 6 nitrogen and oxygen atoms in total. The molecule has 0 radical (unpaired) electrons. The number of carbonyl (C=O) groups excluding carboxylic acids is 1. The number of hydrogen-bond donors (Lipinski definition) is 1. The lowest BCUT2D eigenvalue weighted by molar-refractivity contribution is -0.137. The summed E-state index contributed by atoms with van der Waals surface area (Å²) in [5.74, 6) is 1.91. The lowest BCUT2D eigenvalue weighted by atomic mass is 9.92. The van der Waals surface area contributed by atoms with Crippen molar-refractivity contribution in [2.75, 3.05) is 26.2 Å². The van der Waals surface area contributed by atoms with E-state index in [0.717, 1.165) is 57.7 Å². The number of rotatable bonds is 2. The highest BCUT2D eigenvalue weighted by Crippen LogP contribution is 2.27. The maximum Gasteiger partial charge on any atom is 0.225 e. The summed E-state index contributed by atoms with van der Waals surface area (Å²) in [4.78, 5) is 14.7. The zero-order chi connectivity index (χ0) is 13.9. The highest BCUT2D eigenvalue weighted by atomic mass is 16.2. The summed E-state index contributed by atoms with van der Waals surface area (Å²) in [6.07, 6.45) is 5.85. The van der Waals surface area contributed by atoms with E-state index in [1.165, 1.54) is 0 Å². The molecule has 0 saturated carbocycles. The number of carbonyl (C=O) groups is 1. The quantitative estimate of drug-likeness (QED) is 0.856. The van der Waals surface area contributed by atoms with Gasteiger partial charge >= 0.3 is 0 Å². The zero-order valence-electron chi connectivity index (χ0n) is 12.1. The number of aryl methyl sites for hydroxylation is 1. The Hall–Kier alpha value is -1.43. The minimum atomic E-state index is 0.217. The van der Waals surface area contributed by atoms with Crippen molar-refractivity contribution in [1.82, 2.24) is 25.0 Å². The third kappa shape index (κ3) is 2.70. The molecule has 1 N–H and O–H groups in total. The zero-order valence-corrected chi connectivity index (χ0v) is 12.1. The Morgan fingerprint density at radius 2 is 2.15 bits per heavy atom.